The van der Waals surface area contributed by atoms with Crippen molar-refractivity contribution in [3.8, 4) is 5.75 Å². The summed E-state index contributed by atoms with van der Waals surface area (Å²) in [5.41, 5.74) is 8.39. The Morgan fingerprint density at radius 1 is 1.00 bits per heavy atom. The molecule has 5 nitrogen and oxygen atoms in total. The number of aromatic nitrogens is 3. The second kappa shape index (κ2) is 8.04. The summed E-state index contributed by atoms with van der Waals surface area (Å²) < 4.78 is 5.68. The highest BCUT2D eigenvalue weighted by molar-refractivity contribution is 7.98. The summed E-state index contributed by atoms with van der Waals surface area (Å²) in [6, 6.07) is 23.4. The highest BCUT2D eigenvalue weighted by Crippen LogP contribution is 2.36. The van der Waals surface area contributed by atoms with Crippen LogP contribution in [0.1, 0.15) is 28.4 Å². The number of aromatic amines is 2. The van der Waals surface area contributed by atoms with Crippen LogP contribution in [0.5, 0.6) is 5.75 Å². The summed E-state index contributed by atoms with van der Waals surface area (Å²) in [7, 11) is 1.74. The molecule has 0 fully saturated rings. The van der Waals surface area contributed by atoms with E-state index in [1.807, 2.05) is 18.2 Å². The Balaban J connectivity index is 1.32. The molecule has 0 unspecified atom stereocenters. The van der Waals surface area contributed by atoms with Crippen LogP contribution < -0.4 is 10.1 Å². The summed E-state index contributed by atoms with van der Waals surface area (Å²) in [6.45, 7) is 0.967. The summed E-state index contributed by atoms with van der Waals surface area (Å²) in [4.78, 5) is 11.8. The molecule has 6 rings (SSSR count). The van der Waals surface area contributed by atoms with Crippen LogP contribution in [0.2, 0.25) is 0 Å². The van der Waals surface area contributed by atoms with Crippen molar-refractivity contribution in [3.05, 3.63) is 89.1 Å². The van der Waals surface area contributed by atoms with E-state index in [-0.39, 0.29) is 6.04 Å². The topological polar surface area (TPSA) is 65.7 Å². The maximum Gasteiger partial charge on any atom is 0.166 e. The van der Waals surface area contributed by atoms with Gasteiger partial charge >= 0.3 is 0 Å². The molecule has 1 atom stereocenters. The van der Waals surface area contributed by atoms with Crippen molar-refractivity contribution in [3.63, 3.8) is 0 Å². The number of hydrogen-bond acceptors (Lipinski definition) is 4. The molecule has 0 spiro atoms. The molecule has 0 saturated heterocycles. The van der Waals surface area contributed by atoms with Crippen LogP contribution >= 0.6 is 11.8 Å². The van der Waals surface area contributed by atoms with Crippen LogP contribution in [0.15, 0.2) is 71.9 Å². The molecule has 3 heterocycles. The maximum absolute atomic E-state index is 5.68. The summed E-state index contributed by atoms with van der Waals surface area (Å²) in [5.74, 6) is 1.69. The first-order valence-electron chi connectivity index (χ1n) is 10.9. The number of nitrogens with zero attached hydrogens (tertiary/aromatic N) is 1. The minimum atomic E-state index is 0.145. The average Bonchev–Trinajstić information content (AvgIpc) is 3.43. The van der Waals surface area contributed by atoms with E-state index < -0.39 is 0 Å². The van der Waals surface area contributed by atoms with E-state index in [0.717, 1.165) is 40.7 Å². The van der Waals surface area contributed by atoms with Gasteiger partial charge in [-0.3, -0.25) is 0 Å². The molecule has 0 bridgehead atoms. The fourth-order valence-corrected chi connectivity index (χ4v) is 5.56. The minimum absolute atomic E-state index is 0.145. The number of fused-ring (bicyclic) bond motifs is 4. The van der Waals surface area contributed by atoms with E-state index in [2.05, 4.69) is 63.8 Å². The molecule has 0 amide bonds. The SMILES string of the molecule is COc1ccc([C@@H]2NCCc3c2[nH]c2ccccc32)cc1CSc1nc2ccccc2[nH]1. The maximum atomic E-state index is 5.68. The van der Waals surface area contributed by atoms with Crippen LogP contribution in [-0.2, 0) is 12.2 Å². The predicted molar refractivity (Wildman–Crippen MR) is 130 cm³/mol. The molecule has 1 aliphatic rings. The molecular weight excluding hydrogens is 416 g/mol. The Morgan fingerprint density at radius 2 is 1.84 bits per heavy atom. The molecule has 0 radical (unpaired) electrons. The van der Waals surface area contributed by atoms with E-state index in [1.165, 1.54) is 33.3 Å². The van der Waals surface area contributed by atoms with Crippen molar-refractivity contribution in [2.45, 2.75) is 23.4 Å². The minimum Gasteiger partial charge on any atom is -0.496 e. The highest BCUT2D eigenvalue weighted by atomic mass is 32.2. The first-order chi connectivity index (χ1) is 15.8. The lowest BCUT2D eigenvalue weighted by atomic mass is 9.93. The number of benzene rings is 3. The van der Waals surface area contributed by atoms with Gasteiger partial charge in [-0.05, 0) is 47.9 Å². The second-order valence-electron chi connectivity index (χ2n) is 8.12. The fourth-order valence-electron chi connectivity index (χ4n) is 4.70. The largest absolute Gasteiger partial charge is 0.496 e. The summed E-state index contributed by atoms with van der Waals surface area (Å²) in [5, 5.41) is 5.97. The van der Waals surface area contributed by atoms with Crippen LogP contribution in [0, 0.1) is 0 Å². The van der Waals surface area contributed by atoms with Gasteiger partial charge in [-0.25, -0.2) is 4.98 Å². The van der Waals surface area contributed by atoms with Crippen molar-refractivity contribution < 1.29 is 4.74 Å². The number of H-pyrrole nitrogens is 2. The quantitative estimate of drug-likeness (QED) is 0.312. The molecule has 0 saturated carbocycles. The number of nitrogens with one attached hydrogen (secondary N) is 3. The molecule has 1 aliphatic heterocycles. The van der Waals surface area contributed by atoms with E-state index in [4.69, 9.17) is 9.72 Å². The molecule has 3 aromatic carbocycles. The molecule has 0 aliphatic carbocycles. The predicted octanol–water partition coefficient (Wildman–Crippen LogP) is 5.58. The van der Waals surface area contributed by atoms with Crippen molar-refractivity contribution in [2.24, 2.45) is 0 Å². The van der Waals surface area contributed by atoms with Gasteiger partial charge in [0.1, 0.15) is 5.75 Å². The molecule has 3 N–H and O–H groups in total. The average molecular weight is 441 g/mol. The summed E-state index contributed by atoms with van der Waals surface area (Å²) >= 11 is 1.70. The number of para-hydroxylation sites is 3. The van der Waals surface area contributed by atoms with E-state index in [9.17, 15) is 0 Å². The Bertz CT molecular complexity index is 1390. The van der Waals surface area contributed by atoms with Crippen molar-refractivity contribution >= 4 is 33.7 Å². The lowest BCUT2D eigenvalue weighted by molar-refractivity contribution is 0.411. The Morgan fingerprint density at radius 3 is 2.72 bits per heavy atom. The Hall–Kier alpha value is -3.22. The van der Waals surface area contributed by atoms with E-state index in [0.29, 0.717) is 0 Å². The highest BCUT2D eigenvalue weighted by Gasteiger charge is 2.25. The molecule has 6 heteroatoms. The fraction of sp³-hybridized carbons (Fsp3) is 0.192. The number of hydrogen-bond donors (Lipinski definition) is 3. The smallest absolute Gasteiger partial charge is 0.166 e. The normalized spacial score (nSPS) is 15.8. The second-order valence-corrected chi connectivity index (χ2v) is 9.08. The molecule has 5 aromatic rings. The van der Waals surface area contributed by atoms with Crippen LogP contribution in [0.25, 0.3) is 21.9 Å². The van der Waals surface area contributed by atoms with Gasteiger partial charge in [-0.2, -0.15) is 0 Å². The van der Waals surface area contributed by atoms with Crippen molar-refractivity contribution in [1.82, 2.24) is 20.3 Å². The number of rotatable bonds is 5. The van der Waals surface area contributed by atoms with Gasteiger partial charge in [0.2, 0.25) is 0 Å². The van der Waals surface area contributed by atoms with Crippen LogP contribution in [-0.4, -0.2) is 28.6 Å². The number of ether oxygens (including phenoxy) is 1. The van der Waals surface area contributed by atoms with Crippen molar-refractivity contribution in [1.29, 1.82) is 0 Å². The van der Waals surface area contributed by atoms with Gasteiger partial charge < -0.3 is 20.0 Å². The lowest BCUT2D eigenvalue weighted by Crippen LogP contribution is -2.30. The standard InChI is InChI=1S/C26H24N4OS/c1-31-23-11-10-16(14-17(23)15-32-26-29-21-8-4-5-9-22(21)30-26)24-25-19(12-13-27-24)18-6-2-3-7-20(18)28-25/h2-11,14,24,27-28H,12-13,15H2,1H3,(H,29,30)/t24-/m0/s1. The first kappa shape index (κ1) is 19.5. The van der Waals surface area contributed by atoms with Gasteiger partial charge in [-0.1, -0.05) is 48.2 Å². The number of methoxy groups -OCH3 is 1. The van der Waals surface area contributed by atoms with Gasteiger partial charge in [0.05, 0.1) is 24.2 Å². The number of imidazole rings is 1. The van der Waals surface area contributed by atoms with Gasteiger partial charge in [-0.15, -0.1) is 0 Å². The Labute approximate surface area is 190 Å². The Kier molecular flexibility index (Phi) is 4.89. The summed E-state index contributed by atoms with van der Waals surface area (Å²) in [6.07, 6.45) is 1.04. The monoisotopic (exact) mass is 440 g/mol. The third kappa shape index (κ3) is 3.36. The van der Waals surface area contributed by atoms with Crippen LogP contribution in [0.4, 0.5) is 0 Å². The molecule has 32 heavy (non-hydrogen) atoms. The van der Waals surface area contributed by atoms with Gasteiger partial charge in [0.15, 0.2) is 5.16 Å². The van der Waals surface area contributed by atoms with E-state index >= 15 is 0 Å². The first-order valence-corrected chi connectivity index (χ1v) is 11.9. The zero-order chi connectivity index (χ0) is 21.5. The molecular formula is C26H24N4OS. The van der Waals surface area contributed by atoms with Gasteiger partial charge in [0, 0.05) is 34.5 Å². The van der Waals surface area contributed by atoms with Crippen LogP contribution in [0.3, 0.4) is 0 Å². The third-order valence-electron chi connectivity index (χ3n) is 6.23. The van der Waals surface area contributed by atoms with Gasteiger partial charge in [0.25, 0.3) is 0 Å². The number of thioether (sulfide) groups is 1. The van der Waals surface area contributed by atoms with E-state index in [1.54, 1.807) is 18.9 Å². The molecule has 160 valence electrons. The zero-order valence-electron chi connectivity index (χ0n) is 17.8. The zero-order valence-corrected chi connectivity index (χ0v) is 18.6. The van der Waals surface area contributed by atoms with Crippen molar-refractivity contribution in [2.75, 3.05) is 13.7 Å². The lowest BCUT2D eigenvalue weighted by Gasteiger charge is -2.25. The third-order valence-corrected chi connectivity index (χ3v) is 7.15. The molecule has 2 aromatic heterocycles.